The van der Waals surface area contributed by atoms with E-state index in [4.69, 9.17) is 10.5 Å². The van der Waals surface area contributed by atoms with Crippen molar-refractivity contribution in [3.63, 3.8) is 0 Å². The highest BCUT2D eigenvalue weighted by Gasteiger charge is 2.16. The van der Waals surface area contributed by atoms with Crippen LogP contribution < -0.4 is 11.1 Å². The van der Waals surface area contributed by atoms with Gasteiger partial charge in [0, 0.05) is 11.7 Å². The number of nitrogens with one attached hydrogen (secondary N) is 1. The molecule has 0 aliphatic carbocycles. The van der Waals surface area contributed by atoms with Crippen LogP contribution in [0.1, 0.15) is 33.3 Å². The molecule has 0 aromatic heterocycles. The van der Waals surface area contributed by atoms with Gasteiger partial charge < -0.3 is 15.8 Å². The minimum Gasteiger partial charge on any atom is -0.374 e. The van der Waals surface area contributed by atoms with Gasteiger partial charge in [-0.05, 0) is 38.5 Å². The molecule has 0 fully saturated rings. The minimum atomic E-state index is -0.205. The number of anilines is 1. The molecule has 4 nitrogen and oxygen atoms in total. The van der Waals surface area contributed by atoms with Gasteiger partial charge in [-0.15, -0.1) is 0 Å². The summed E-state index contributed by atoms with van der Waals surface area (Å²) in [4.78, 5) is 11.8. The second kappa shape index (κ2) is 7.26. The quantitative estimate of drug-likeness (QED) is 0.830. The number of benzene rings is 1. The summed E-state index contributed by atoms with van der Waals surface area (Å²) >= 11 is 0. The highest BCUT2D eigenvalue weighted by atomic mass is 16.5. The lowest BCUT2D eigenvalue weighted by molar-refractivity contribution is -0.119. The van der Waals surface area contributed by atoms with Gasteiger partial charge in [0.25, 0.3) is 0 Å². The first kappa shape index (κ1) is 15.7. The summed E-state index contributed by atoms with van der Waals surface area (Å²) in [6.07, 6.45) is 0.214. The molecule has 0 aliphatic heterocycles. The molecule has 0 saturated carbocycles. The summed E-state index contributed by atoms with van der Waals surface area (Å²) < 4.78 is 5.51. The minimum absolute atomic E-state index is 0.0545. The van der Waals surface area contributed by atoms with Crippen LogP contribution in [-0.4, -0.2) is 18.1 Å². The van der Waals surface area contributed by atoms with Crippen LogP contribution in [0, 0.1) is 5.92 Å². The highest BCUT2D eigenvalue weighted by Crippen LogP contribution is 2.13. The van der Waals surface area contributed by atoms with E-state index in [0.717, 1.165) is 11.3 Å². The average Bonchev–Trinajstić information content (AvgIpc) is 2.36. The van der Waals surface area contributed by atoms with Crippen molar-refractivity contribution < 1.29 is 9.53 Å². The van der Waals surface area contributed by atoms with Crippen molar-refractivity contribution in [2.24, 2.45) is 11.7 Å². The van der Waals surface area contributed by atoms with Crippen molar-refractivity contribution in [3.05, 3.63) is 29.8 Å². The van der Waals surface area contributed by atoms with Crippen molar-refractivity contribution in [2.45, 2.75) is 46.4 Å². The standard InChI is InChI=1S/C15H24N2O2/c1-10(2)19-9-13-5-7-14(8-6-13)17-15(18)11(3)12(4)16/h5-8,10-12H,9,16H2,1-4H3,(H,17,18). The SMILES string of the molecule is CC(C)OCc1ccc(NC(=O)C(C)C(C)N)cc1. The van der Waals surface area contributed by atoms with E-state index in [0.29, 0.717) is 6.61 Å². The average molecular weight is 264 g/mol. The predicted octanol–water partition coefficient (Wildman–Crippen LogP) is 2.53. The molecule has 0 spiro atoms. The summed E-state index contributed by atoms with van der Waals surface area (Å²) in [6.45, 7) is 8.25. The largest absolute Gasteiger partial charge is 0.374 e. The zero-order valence-electron chi connectivity index (χ0n) is 12.1. The fourth-order valence-corrected chi connectivity index (χ4v) is 1.44. The first-order chi connectivity index (χ1) is 8.90. The molecule has 1 aromatic rings. The monoisotopic (exact) mass is 264 g/mol. The number of carbonyl (C=O) groups excluding carboxylic acids is 1. The van der Waals surface area contributed by atoms with Crippen molar-refractivity contribution >= 4 is 11.6 Å². The lowest BCUT2D eigenvalue weighted by Gasteiger charge is -2.15. The number of carbonyl (C=O) groups is 1. The number of hydrogen-bond donors (Lipinski definition) is 2. The Balaban J connectivity index is 2.55. The normalized spacial score (nSPS) is 14.2. The van der Waals surface area contributed by atoms with Gasteiger partial charge in [0.1, 0.15) is 0 Å². The van der Waals surface area contributed by atoms with Gasteiger partial charge in [0.2, 0.25) is 5.91 Å². The molecule has 1 aromatic carbocycles. The molecule has 106 valence electrons. The molecular formula is C15H24N2O2. The maximum absolute atomic E-state index is 11.8. The van der Waals surface area contributed by atoms with Crippen molar-refractivity contribution in [2.75, 3.05) is 5.32 Å². The number of nitrogens with two attached hydrogens (primary N) is 1. The van der Waals surface area contributed by atoms with E-state index in [1.165, 1.54) is 0 Å². The zero-order valence-corrected chi connectivity index (χ0v) is 12.1. The molecule has 4 heteroatoms. The Morgan fingerprint density at radius 1 is 1.21 bits per heavy atom. The number of amides is 1. The van der Waals surface area contributed by atoms with Crippen molar-refractivity contribution in [1.82, 2.24) is 0 Å². The first-order valence-corrected chi connectivity index (χ1v) is 6.67. The van der Waals surface area contributed by atoms with Gasteiger partial charge in [-0.25, -0.2) is 0 Å². The van der Waals surface area contributed by atoms with Gasteiger partial charge in [-0.2, -0.15) is 0 Å². The van der Waals surface area contributed by atoms with E-state index in [1.807, 2.05) is 52.0 Å². The molecule has 1 amide bonds. The van der Waals surface area contributed by atoms with Crippen LogP contribution in [0.25, 0.3) is 0 Å². The van der Waals surface area contributed by atoms with E-state index in [2.05, 4.69) is 5.32 Å². The smallest absolute Gasteiger partial charge is 0.228 e. The number of rotatable bonds is 6. The number of hydrogen-bond acceptors (Lipinski definition) is 3. The molecule has 0 bridgehead atoms. The van der Waals surface area contributed by atoms with Gasteiger partial charge >= 0.3 is 0 Å². The van der Waals surface area contributed by atoms with Gasteiger partial charge in [-0.1, -0.05) is 19.1 Å². The first-order valence-electron chi connectivity index (χ1n) is 6.67. The third kappa shape index (κ3) is 5.41. The van der Waals surface area contributed by atoms with E-state index in [-0.39, 0.29) is 24.0 Å². The van der Waals surface area contributed by atoms with Gasteiger partial charge in [0.05, 0.1) is 18.6 Å². The Bertz CT molecular complexity index is 399. The summed E-state index contributed by atoms with van der Waals surface area (Å²) in [6, 6.07) is 7.51. The Morgan fingerprint density at radius 2 is 1.79 bits per heavy atom. The van der Waals surface area contributed by atoms with E-state index in [9.17, 15) is 4.79 Å². The van der Waals surface area contributed by atoms with Gasteiger partial charge in [-0.3, -0.25) is 4.79 Å². The molecule has 2 unspecified atom stereocenters. The molecule has 2 atom stereocenters. The zero-order chi connectivity index (χ0) is 14.4. The highest BCUT2D eigenvalue weighted by molar-refractivity contribution is 5.92. The molecule has 3 N–H and O–H groups in total. The summed E-state index contributed by atoms with van der Waals surface area (Å²) in [5.74, 6) is -0.259. The summed E-state index contributed by atoms with van der Waals surface area (Å²) in [5, 5.41) is 2.86. The molecule has 0 aliphatic rings. The van der Waals surface area contributed by atoms with Crippen LogP contribution in [0.3, 0.4) is 0 Å². The molecule has 0 heterocycles. The molecule has 1 rings (SSSR count). The third-order valence-electron chi connectivity index (χ3n) is 3.01. The molecule has 0 radical (unpaired) electrons. The predicted molar refractivity (Wildman–Crippen MR) is 77.8 cm³/mol. The topological polar surface area (TPSA) is 64.3 Å². The second-order valence-corrected chi connectivity index (χ2v) is 5.19. The van der Waals surface area contributed by atoms with Gasteiger partial charge in [0.15, 0.2) is 0 Å². The van der Waals surface area contributed by atoms with Crippen LogP contribution >= 0.6 is 0 Å². The summed E-state index contributed by atoms with van der Waals surface area (Å²) in [7, 11) is 0. The lowest BCUT2D eigenvalue weighted by atomic mass is 10.0. The fraction of sp³-hybridized carbons (Fsp3) is 0.533. The second-order valence-electron chi connectivity index (χ2n) is 5.19. The molecular weight excluding hydrogens is 240 g/mol. The third-order valence-corrected chi connectivity index (χ3v) is 3.01. The fourth-order valence-electron chi connectivity index (χ4n) is 1.44. The maximum Gasteiger partial charge on any atom is 0.228 e. The molecule has 19 heavy (non-hydrogen) atoms. The Hall–Kier alpha value is -1.39. The van der Waals surface area contributed by atoms with E-state index >= 15 is 0 Å². The molecule has 0 saturated heterocycles. The Labute approximate surface area is 115 Å². The van der Waals surface area contributed by atoms with Crippen LogP contribution in [0.5, 0.6) is 0 Å². The lowest BCUT2D eigenvalue weighted by Crippen LogP contribution is -2.34. The van der Waals surface area contributed by atoms with Crippen LogP contribution in [-0.2, 0) is 16.1 Å². The number of ether oxygens (including phenoxy) is 1. The Kier molecular flexibility index (Phi) is 5.99. The van der Waals surface area contributed by atoms with Crippen LogP contribution in [0.2, 0.25) is 0 Å². The van der Waals surface area contributed by atoms with Crippen molar-refractivity contribution in [1.29, 1.82) is 0 Å². The van der Waals surface area contributed by atoms with Crippen LogP contribution in [0.15, 0.2) is 24.3 Å². The van der Waals surface area contributed by atoms with E-state index in [1.54, 1.807) is 0 Å². The maximum atomic E-state index is 11.8. The Morgan fingerprint density at radius 3 is 2.26 bits per heavy atom. The van der Waals surface area contributed by atoms with E-state index < -0.39 is 0 Å². The summed E-state index contributed by atoms with van der Waals surface area (Å²) in [5.41, 5.74) is 7.58. The van der Waals surface area contributed by atoms with Crippen molar-refractivity contribution in [3.8, 4) is 0 Å². The van der Waals surface area contributed by atoms with Crippen LogP contribution in [0.4, 0.5) is 5.69 Å².